The van der Waals surface area contributed by atoms with E-state index < -0.39 is 4.92 Å². The molecule has 0 bridgehead atoms. The number of anilines is 1. The summed E-state index contributed by atoms with van der Waals surface area (Å²) in [5.41, 5.74) is 8.53. The minimum Gasteiger partial charge on any atom is -0.368 e. The fourth-order valence-electron chi connectivity index (χ4n) is 2.50. The van der Waals surface area contributed by atoms with Crippen molar-refractivity contribution in [2.24, 2.45) is 0 Å². The predicted molar refractivity (Wildman–Crippen MR) is 87.3 cm³/mol. The normalized spacial score (nSPS) is 11.0. The lowest BCUT2D eigenvalue weighted by atomic mass is 10.2. The topological polar surface area (TPSA) is 154 Å². The number of nitro groups is 1. The molecule has 1 aromatic carbocycles. The van der Waals surface area contributed by atoms with Gasteiger partial charge in [-0.25, -0.2) is 9.67 Å². The summed E-state index contributed by atoms with van der Waals surface area (Å²) >= 11 is 0. The van der Waals surface area contributed by atoms with Crippen molar-refractivity contribution in [1.82, 2.24) is 35.2 Å². The number of rotatable bonds is 4. The number of nitrogen functional groups attached to an aromatic ring is 1. The van der Waals surface area contributed by atoms with Gasteiger partial charge in [-0.3, -0.25) is 15.2 Å². The molecular formula is C14H11N9O2. The van der Waals surface area contributed by atoms with Crippen molar-refractivity contribution in [3.8, 4) is 11.4 Å². The molecule has 0 amide bonds. The molecular weight excluding hydrogens is 326 g/mol. The fraction of sp³-hybridized carbons (Fsp3) is 0.0714. The van der Waals surface area contributed by atoms with Crippen molar-refractivity contribution in [3.63, 3.8) is 0 Å². The number of H-pyrrole nitrogens is 1. The number of benzene rings is 1. The lowest BCUT2D eigenvalue weighted by Crippen LogP contribution is -2.05. The molecule has 0 aliphatic heterocycles. The van der Waals surface area contributed by atoms with Gasteiger partial charge in [-0.2, -0.15) is 10.1 Å². The number of nitro benzene ring substituents is 1. The first-order valence-corrected chi connectivity index (χ1v) is 7.21. The molecule has 4 rings (SSSR count). The van der Waals surface area contributed by atoms with Crippen molar-refractivity contribution >= 4 is 22.8 Å². The first-order chi connectivity index (χ1) is 12.1. The second-order valence-electron chi connectivity index (χ2n) is 5.25. The lowest BCUT2D eigenvalue weighted by molar-refractivity contribution is -0.384. The fourth-order valence-corrected chi connectivity index (χ4v) is 2.50. The van der Waals surface area contributed by atoms with Crippen molar-refractivity contribution in [3.05, 3.63) is 52.2 Å². The van der Waals surface area contributed by atoms with Gasteiger partial charge in [0.15, 0.2) is 11.2 Å². The monoisotopic (exact) mass is 337 g/mol. The van der Waals surface area contributed by atoms with Crippen molar-refractivity contribution in [1.29, 1.82) is 0 Å². The molecule has 0 aliphatic rings. The molecule has 0 unspecified atom stereocenters. The summed E-state index contributed by atoms with van der Waals surface area (Å²) in [5.74, 6) is 0.0692. The molecule has 0 fully saturated rings. The average molecular weight is 337 g/mol. The zero-order valence-electron chi connectivity index (χ0n) is 12.7. The number of non-ortho nitro benzene ring substituents is 1. The van der Waals surface area contributed by atoms with E-state index in [-0.39, 0.29) is 18.2 Å². The second kappa shape index (κ2) is 5.63. The van der Waals surface area contributed by atoms with Crippen LogP contribution in [0.2, 0.25) is 0 Å². The van der Waals surface area contributed by atoms with Gasteiger partial charge in [0, 0.05) is 18.3 Å². The number of aromatic nitrogens is 7. The highest BCUT2D eigenvalue weighted by atomic mass is 16.6. The summed E-state index contributed by atoms with van der Waals surface area (Å²) in [6.07, 6.45) is 1.59. The Morgan fingerprint density at radius 2 is 2.16 bits per heavy atom. The summed E-state index contributed by atoms with van der Waals surface area (Å²) in [7, 11) is 0. The van der Waals surface area contributed by atoms with E-state index in [9.17, 15) is 10.1 Å². The van der Waals surface area contributed by atoms with Crippen LogP contribution in [0.5, 0.6) is 0 Å². The Morgan fingerprint density at radius 3 is 2.92 bits per heavy atom. The van der Waals surface area contributed by atoms with E-state index in [1.165, 1.54) is 16.8 Å². The van der Waals surface area contributed by atoms with Crippen LogP contribution in [0.25, 0.3) is 22.6 Å². The van der Waals surface area contributed by atoms with Crippen LogP contribution in [0.15, 0.2) is 36.5 Å². The van der Waals surface area contributed by atoms with Gasteiger partial charge >= 0.3 is 0 Å². The Kier molecular flexibility index (Phi) is 3.31. The van der Waals surface area contributed by atoms with Gasteiger partial charge in [0.25, 0.3) is 5.69 Å². The summed E-state index contributed by atoms with van der Waals surface area (Å²) < 4.78 is 1.52. The molecule has 0 atom stereocenters. The Labute approximate surface area is 139 Å². The Balaban J connectivity index is 1.79. The largest absolute Gasteiger partial charge is 0.368 e. The Bertz CT molecular complexity index is 1070. The summed E-state index contributed by atoms with van der Waals surface area (Å²) in [4.78, 5) is 18.9. The summed E-state index contributed by atoms with van der Waals surface area (Å²) in [6.45, 7) is 0.261. The number of fused-ring (bicyclic) bond motifs is 1. The zero-order valence-corrected chi connectivity index (χ0v) is 12.7. The van der Waals surface area contributed by atoms with E-state index in [1.54, 1.807) is 24.4 Å². The lowest BCUT2D eigenvalue weighted by Gasteiger charge is -2.04. The first kappa shape index (κ1) is 14.7. The molecule has 0 saturated carbocycles. The van der Waals surface area contributed by atoms with Crippen molar-refractivity contribution in [2.45, 2.75) is 6.54 Å². The number of hydrogen-bond donors (Lipinski definition) is 2. The maximum absolute atomic E-state index is 10.9. The number of hydrogen-bond acceptors (Lipinski definition) is 8. The van der Waals surface area contributed by atoms with Gasteiger partial charge in [-0.15, -0.1) is 5.10 Å². The van der Waals surface area contributed by atoms with Crippen molar-refractivity contribution in [2.75, 3.05) is 5.73 Å². The maximum Gasteiger partial charge on any atom is 0.269 e. The molecule has 0 aliphatic carbocycles. The highest BCUT2D eigenvalue weighted by molar-refractivity contribution is 5.86. The van der Waals surface area contributed by atoms with E-state index in [2.05, 4.69) is 30.5 Å². The predicted octanol–water partition coefficient (Wildman–Crippen LogP) is 1.15. The summed E-state index contributed by atoms with van der Waals surface area (Å²) in [6, 6.07) is 8.03. The molecule has 3 heterocycles. The molecule has 124 valence electrons. The SMILES string of the molecule is Nc1nc(-c2ccn[nH]2)c2nnn(Cc3cccc([N+](=O)[O-])c3)c2n1. The minimum absolute atomic E-state index is 0.00853. The average Bonchev–Trinajstić information content (AvgIpc) is 3.25. The van der Waals surface area contributed by atoms with Gasteiger partial charge in [0.05, 0.1) is 17.2 Å². The van der Waals surface area contributed by atoms with E-state index in [0.717, 1.165) is 0 Å². The smallest absolute Gasteiger partial charge is 0.269 e. The van der Waals surface area contributed by atoms with E-state index in [0.29, 0.717) is 28.1 Å². The molecule has 0 saturated heterocycles. The van der Waals surface area contributed by atoms with E-state index >= 15 is 0 Å². The standard InChI is InChI=1S/C14H11N9O2/c15-14-17-11(10-4-5-16-19-10)12-13(18-14)22(21-20-12)7-8-2-1-3-9(6-8)23(24)25/h1-6H,7H2,(H,16,19)(H2,15,17,18). The molecule has 25 heavy (non-hydrogen) atoms. The van der Waals surface area contributed by atoms with Crippen molar-refractivity contribution < 1.29 is 4.92 Å². The van der Waals surface area contributed by atoms with Crippen LogP contribution >= 0.6 is 0 Å². The van der Waals surface area contributed by atoms with Crippen LogP contribution < -0.4 is 5.73 Å². The first-order valence-electron chi connectivity index (χ1n) is 7.21. The molecule has 0 radical (unpaired) electrons. The van der Waals surface area contributed by atoms with Crippen LogP contribution in [-0.4, -0.2) is 40.1 Å². The van der Waals surface area contributed by atoms with Crippen LogP contribution in [0, 0.1) is 10.1 Å². The third-order valence-corrected chi connectivity index (χ3v) is 3.59. The van der Waals surface area contributed by atoms with E-state index in [1.807, 2.05) is 0 Å². The highest BCUT2D eigenvalue weighted by Gasteiger charge is 2.17. The minimum atomic E-state index is -0.445. The number of nitrogens with one attached hydrogen (secondary N) is 1. The van der Waals surface area contributed by atoms with Gasteiger partial charge in [-0.05, 0) is 11.6 Å². The number of nitrogens with two attached hydrogens (primary N) is 1. The Morgan fingerprint density at radius 1 is 1.28 bits per heavy atom. The molecule has 4 aromatic rings. The van der Waals surface area contributed by atoms with Crippen LogP contribution in [0.4, 0.5) is 11.6 Å². The molecule has 3 aromatic heterocycles. The van der Waals surface area contributed by atoms with Crippen LogP contribution in [0.3, 0.4) is 0 Å². The van der Waals surface area contributed by atoms with Gasteiger partial charge < -0.3 is 5.73 Å². The highest BCUT2D eigenvalue weighted by Crippen LogP contribution is 2.23. The van der Waals surface area contributed by atoms with Crippen LogP contribution in [0.1, 0.15) is 5.56 Å². The van der Waals surface area contributed by atoms with E-state index in [4.69, 9.17) is 5.73 Å². The maximum atomic E-state index is 10.9. The number of aromatic amines is 1. The van der Waals surface area contributed by atoms with Crippen LogP contribution in [-0.2, 0) is 6.54 Å². The van der Waals surface area contributed by atoms with Gasteiger partial charge in [-0.1, -0.05) is 17.3 Å². The van der Waals surface area contributed by atoms with Gasteiger partial charge in [0.2, 0.25) is 5.95 Å². The number of nitrogens with zero attached hydrogens (tertiary/aromatic N) is 7. The zero-order chi connectivity index (χ0) is 17.4. The van der Waals surface area contributed by atoms with Gasteiger partial charge in [0.1, 0.15) is 5.69 Å². The second-order valence-corrected chi connectivity index (χ2v) is 5.25. The molecule has 0 spiro atoms. The summed E-state index contributed by atoms with van der Waals surface area (Å²) in [5, 5.41) is 25.8. The molecule has 3 N–H and O–H groups in total. The third-order valence-electron chi connectivity index (χ3n) is 3.59. The third kappa shape index (κ3) is 2.63. The molecule has 11 nitrogen and oxygen atoms in total. The molecule has 11 heteroatoms. The quantitative estimate of drug-likeness (QED) is 0.415. The Hall–Kier alpha value is -3.89.